The summed E-state index contributed by atoms with van der Waals surface area (Å²) in [6.07, 6.45) is 3.95. The number of imidazole rings is 1. The van der Waals surface area contributed by atoms with Crippen LogP contribution in [0.15, 0.2) is 35.1 Å². The molecule has 0 radical (unpaired) electrons. The number of halogens is 1. The van der Waals surface area contributed by atoms with Crippen molar-refractivity contribution in [1.29, 1.82) is 0 Å². The van der Waals surface area contributed by atoms with Gasteiger partial charge in [0, 0.05) is 24.1 Å². The highest BCUT2D eigenvalue weighted by atomic mass is 79.9. The second kappa shape index (κ2) is 4.74. The Hall–Kier alpha value is -1.75. The monoisotopic (exact) mass is 318 g/mol. The topological polar surface area (TPSA) is 59.6 Å². The van der Waals surface area contributed by atoms with Crippen LogP contribution in [0.25, 0.3) is 10.9 Å². The fourth-order valence-electron chi connectivity index (χ4n) is 2.38. The van der Waals surface area contributed by atoms with Crippen LogP contribution >= 0.6 is 15.9 Å². The molecule has 19 heavy (non-hydrogen) atoms. The van der Waals surface area contributed by atoms with E-state index in [1.54, 1.807) is 0 Å². The highest BCUT2D eigenvalue weighted by Gasteiger charge is 2.11. The van der Waals surface area contributed by atoms with Gasteiger partial charge in [-0.1, -0.05) is 18.2 Å². The van der Waals surface area contributed by atoms with Crippen LogP contribution in [0.2, 0.25) is 0 Å². The van der Waals surface area contributed by atoms with Gasteiger partial charge >= 0.3 is 0 Å². The Morgan fingerprint density at radius 2 is 2.11 bits per heavy atom. The number of nitrogens with two attached hydrogens (primary N) is 1. The van der Waals surface area contributed by atoms with Crippen molar-refractivity contribution >= 4 is 32.8 Å². The number of nitrogens with one attached hydrogen (secondary N) is 1. The molecule has 5 heteroatoms. The molecule has 0 saturated carbocycles. The lowest BCUT2D eigenvalue weighted by Gasteiger charge is -2.03. The number of aromatic nitrogens is 3. The maximum absolute atomic E-state index is 5.80. The minimum Gasteiger partial charge on any atom is -0.369 e. The lowest BCUT2D eigenvalue weighted by molar-refractivity contribution is 0.806. The van der Waals surface area contributed by atoms with E-state index < -0.39 is 0 Å². The summed E-state index contributed by atoms with van der Waals surface area (Å²) in [5, 5.41) is 1.29. The van der Waals surface area contributed by atoms with Crippen molar-refractivity contribution in [3.05, 3.63) is 46.3 Å². The molecule has 2 aromatic heterocycles. The average Bonchev–Trinajstić information content (AvgIpc) is 2.91. The molecule has 98 valence electrons. The second-order valence-corrected chi connectivity index (χ2v) is 5.38. The molecule has 0 spiro atoms. The summed E-state index contributed by atoms with van der Waals surface area (Å²) in [6, 6.07) is 8.35. The van der Waals surface area contributed by atoms with E-state index in [-0.39, 0.29) is 0 Å². The third-order valence-corrected chi connectivity index (χ3v) is 4.14. The van der Waals surface area contributed by atoms with E-state index >= 15 is 0 Å². The molecule has 0 aliphatic heterocycles. The summed E-state index contributed by atoms with van der Waals surface area (Å²) in [7, 11) is 1.94. The van der Waals surface area contributed by atoms with Crippen molar-refractivity contribution in [2.75, 3.05) is 5.73 Å². The molecule has 4 nitrogen and oxygen atoms in total. The normalized spacial score (nSPS) is 11.3. The number of benzene rings is 1. The van der Waals surface area contributed by atoms with Gasteiger partial charge in [-0.2, -0.15) is 0 Å². The molecule has 0 saturated heterocycles. The molecule has 2 heterocycles. The number of anilines is 1. The number of para-hydroxylation sites is 1. The number of rotatable bonds is 3. The third kappa shape index (κ3) is 2.14. The smallest absolute Gasteiger partial charge is 0.201 e. The lowest BCUT2D eigenvalue weighted by atomic mass is 10.1. The zero-order chi connectivity index (χ0) is 13.4. The predicted octanol–water partition coefficient (Wildman–Crippen LogP) is 3.03. The molecule has 3 aromatic rings. The van der Waals surface area contributed by atoms with E-state index in [9.17, 15) is 0 Å². The number of hydrogen-bond acceptors (Lipinski definition) is 2. The van der Waals surface area contributed by atoms with Crippen LogP contribution in [0, 0.1) is 0 Å². The molecule has 0 aliphatic carbocycles. The largest absolute Gasteiger partial charge is 0.369 e. The molecule has 0 atom stereocenters. The molecule has 0 amide bonds. The first kappa shape index (κ1) is 12.3. The highest BCUT2D eigenvalue weighted by molar-refractivity contribution is 9.10. The Balaban J connectivity index is 1.86. The summed E-state index contributed by atoms with van der Waals surface area (Å²) in [6.45, 7) is 0. The first-order chi connectivity index (χ1) is 9.16. The summed E-state index contributed by atoms with van der Waals surface area (Å²) >= 11 is 3.46. The first-order valence-corrected chi connectivity index (χ1v) is 6.97. The first-order valence-electron chi connectivity index (χ1n) is 6.18. The standard InChI is InChI=1S/C14H15BrN4/c1-19-12(13(15)18-14(19)16)7-6-9-8-17-11-5-3-2-4-10(9)11/h2-5,8,17H,6-7H2,1H3,(H2,16,18). The minimum atomic E-state index is 0.542. The minimum absolute atomic E-state index is 0.542. The van der Waals surface area contributed by atoms with Gasteiger partial charge in [0.2, 0.25) is 5.95 Å². The van der Waals surface area contributed by atoms with Crippen molar-refractivity contribution in [2.45, 2.75) is 12.8 Å². The molecule has 0 fully saturated rings. The van der Waals surface area contributed by atoms with E-state index in [0.717, 1.165) is 23.1 Å². The SMILES string of the molecule is Cn1c(N)nc(Br)c1CCc1c[nH]c2ccccc12. The number of H-pyrrole nitrogens is 1. The van der Waals surface area contributed by atoms with E-state index in [2.05, 4.69) is 50.3 Å². The lowest BCUT2D eigenvalue weighted by Crippen LogP contribution is -2.02. The highest BCUT2D eigenvalue weighted by Crippen LogP contribution is 2.23. The van der Waals surface area contributed by atoms with Crippen LogP contribution in [0.5, 0.6) is 0 Å². The van der Waals surface area contributed by atoms with Gasteiger partial charge in [-0.05, 0) is 40.4 Å². The molecular weight excluding hydrogens is 304 g/mol. The molecule has 0 aliphatic rings. The molecule has 1 aromatic carbocycles. The van der Waals surface area contributed by atoms with Gasteiger partial charge in [0.05, 0.1) is 5.69 Å². The maximum atomic E-state index is 5.80. The Morgan fingerprint density at radius 1 is 1.32 bits per heavy atom. The van der Waals surface area contributed by atoms with Gasteiger partial charge in [-0.3, -0.25) is 0 Å². The Morgan fingerprint density at radius 3 is 2.84 bits per heavy atom. The number of fused-ring (bicyclic) bond motifs is 1. The average molecular weight is 319 g/mol. The van der Waals surface area contributed by atoms with Gasteiger partial charge < -0.3 is 15.3 Å². The van der Waals surface area contributed by atoms with Gasteiger partial charge in [0.15, 0.2) is 0 Å². The maximum Gasteiger partial charge on any atom is 0.201 e. The number of nitrogens with zero attached hydrogens (tertiary/aromatic N) is 2. The predicted molar refractivity (Wildman–Crippen MR) is 81.0 cm³/mol. The van der Waals surface area contributed by atoms with E-state index in [0.29, 0.717) is 5.95 Å². The zero-order valence-corrected chi connectivity index (χ0v) is 12.2. The Kier molecular flexibility index (Phi) is 3.06. The van der Waals surface area contributed by atoms with Gasteiger partial charge in [-0.15, -0.1) is 0 Å². The van der Waals surface area contributed by atoms with Crippen LogP contribution in [-0.4, -0.2) is 14.5 Å². The van der Waals surface area contributed by atoms with Gasteiger partial charge in [0.25, 0.3) is 0 Å². The zero-order valence-electron chi connectivity index (χ0n) is 10.7. The number of hydrogen-bond donors (Lipinski definition) is 2. The molecule has 3 N–H and O–H groups in total. The van der Waals surface area contributed by atoms with Crippen LogP contribution in [-0.2, 0) is 19.9 Å². The van der Waals surface area contributed by atoms with Crippen molar-refractivity contribution < 1.29 is 0 Å². The van der Waals surface area contributed by atoms with Crippen molar-refractivity contribution in [2.24, 2.45) is 7.05 Å². The van der Waals surface area contributed by atoms with Crippen LogP contribution in [0.3, 0.4) is 0 Å². The summed E-state index contributed by atoms with van der Waals surface area (Å²) in [5.41, 5.74) is 9.43. The van der Waals surface area contributed by atoms with Crippen LogP contribution in [0.4, 0.5) is 5.95 Å². The van der Waals surface area contributed by atoms with Crippen molar-refractivity contribution in [3.63, 3.8) is 0 Å². The number of aromatic amines is 1. The molecule has 0 unspecified atom stereocenters. The quantitative estimate of drug-likeness (QED) is 0.779. The van der Waals surface area contributed by atoms with Crippen molar-refractivity contribution in [3.8, 4) is 0 Å². The van der Waals surface area contributed by atoms with Gasteiger partial charge in [0.1, 0.15) is 4.60 Å². The number of nitrogen functional groups attached to an aromatic ring is 1. The molecular formula is C14H15BrN4. The Labute approximate surface area is 119 Å². The number of aryl methyl sites for hydroxylation is 1. The summed E-state index contributed by atoms with van der Waals surface area (Å²) in [4.78, 5) is 7.52. The van der Waals surface area contributed by atoms with E-state index in [4.69, 9.17) is 5.73 Å². The molecule has 3 rings (SSSR count). The Bertz CT molecular complexity index is 726. The van der Waals surface area contributed by atoms with Gasteiger partial charge in [-0.25, -0.2) is 4.98 Å². The van der Waals surface area contributed by atoms with Crippen molar-refractivity contribution in [1.82, 2.24) is 14.5 Å². The molecule has 0 bridgehead atoms. The van der Waals surface area contributed by atoms with Crippen LogP contribution in [0.1, 0.15) is 11.3 Å². The summed E-state index contributed by atoms with van der Waals surface area (Å²) < 4.78 is 2.77. The summed E-state index contributed by atoms with van der Waals surface area (Å²) in [5.74, 6) is 0.542. The fraction of sp³-hybridized carbons (Fsp3) is 0.214. The van der Waals surface area contributed by atoms with E-state index in [1.165, 1.54) is 16.5 Å². The third-order valence-electron chi connectivity index (χ3n) is 3.51. The second-order valence-electron chi connectivity index (χ2n) is 4.63. The fourth-order valence-corrected chi connectivity index (χ4v) is 3.03. The van der Waals surface area contributed by atoms with E-state index in [1.807, 2.05) is 17.7 Å². The van der Waals surface area contributed by atoms with Crippen LogP contribution < -0.4 is 5.73 Å².